The molecule has 8 heavy (non-hydrogen) atoms. The van der Waals surface area contributed by atoms with Crippen LogP contribution >= 0.6 is 0 Å². The molecule has 1 fully saturated rings. The smallest absolute Gasteiger partial charge is 0.185 e. The Morgan fingerprint density at radius 2 is 1.88 bits per heavy atom. The summed E-state index contributed by atoms with van der Waals surface area (Å²) in [4.78, 5) is 9.48. The molecule has 48 valence electrons. The summed E-state index contributed by atoms with van der Waals surface area (Å²) >= 11 is 0. The van der Waals surface area contributed by atoms with Gasteiger partial charge in [0, 0.05) is 0 Å². The molecule has 1 aliphatic rings. The van der Waals surface area contributed by atoms with Crippen LogP contribution in [0.3, 0.4) is 0 Å². The Balaban J connectivity index is 2.34. The summed E-state index contributed by atoms with van der Waals surface area (Å²) in [5.41, 5.74) is 0.725. The largest absolute Gasteiger partial charge is 0.432 e. The maximum atomic E-state index is 9.48. The highest BCUT2D eigenvalue weighted by atomic mass is 28.4. The van der Waals surface area contributed by atoms with Crippen molar-refractivity contribution >= 4 is 8.32 Å². The molecule has 0 atom stereocenters. The van der Waals surface area contributed by atoms with E-state index in [0.29, 0.717) is 0 Å². The van der Waals surface area contributed by atoms with Crippen molar-refractivity contribution in [1.29, 1.82) is 0 Å². The third kappa shape index (κ3) is 1.12. The Bertz CT molecular complexity index is 81.0. The Hall–Kier alpha value is 0.177. The van der Waals surface area contributed by atoms with Crippen molar-refractivity contribution in [3.05, 3.63) is 0 Å². The zero-order valence-electron chi connectivity index (χ0n) is 5.65. The molecule has 0 spiro atoms. The van der Waals surface area contributed by atoms with Crippen molar-refractivity contribution in [1.82, 2.24) is 0 Å². The fourth-order valence-corrected chi connectivity index (χ4v) is 2.94. The van der Waals surface area contributed by atoms with Gasteiger partial charge in [0.25, 0.3) is 0 Å². The molecule has 0 saturated heterocycles. The average molecular weight is 130 g/mol. The van der Waals surface area contributed by atoms with Crippen molar-refractivity contribution in [2.75, 3.05) is 0 Å². The molecule has 0 aliphatic heterocycles. The van der Waals surface area contributed by atoms with Gasteiger partial charge in [-0.1, -0.05) is 19.3 Å². The van der Waals surface area contributed by atoms with Gasteiger partial charge < -0.3 is 4.80 Å². The van der Waals surface area contributed by atoms with Crippen molar-refractivity contribution in [2.24, 2.45) is 0 Å². The summed E-state index contributed by atoms with van der Waals surface area (Å²) in [5, 5.41) is 0. The molecule has 0 radical (unpaired) electrons. The zero-order valence-corrected chi connectivity index (χ0v) is 6.65. The van der Waals surface area contributed by atoms with E-state index in [9.17, 15) is 4.80 Å². The van der Waals surface area contributed by atoms with E-state index >= 15 is 0 Å². The van der Waals surface area contributed by atoms with Gasteiger partial charge >= 0.3 is 0 Å². The topological polar surface area (TPSA) is 20.2 Å². The second kappa shape index (κ2) is 1.85. The molecule has 1 N–H and O–H groups in total. The highest BCUT2D eigenvalue weighted by molar-refractivity contribution is 6.71. The monoisotopic (exact) mass is 130 g/mol. The van der Waals surface area contributed by atoms with Gasteiger partial charge in [-0.05, 0) is 18.6 Å². The lowest BCUT2D eigenvalue weighted by molar-refractivity contribution is 0.418. The van der Waals surface area contributed by atoms with Gasteiger partial charge in [0.1, 0.15) is 0 Å². The molecule has 0 aromatic carbocycles. The first kappa shape index (κ1) is 6.30. The molecule has 1 nitrogen and oxygen atoms in total. The number of hydrogen-bond acceptors (Lipinski definition) is 1. The van der Waals surface area contributed by atoms with E-state index in [0.717, 1.165) is 5.54 Å². The van der Waals surface area contributed by atoms with E-state index in [1.54, 1.807) is 0 Å². The molecule has 0 heterocycles. The normalized spacial score (nSPS) is 22.9. The van der Waals surface area contributed by atoms with Gasteiger partial charge in [-0.2, -0.15) is 0 Å². The minimum atomic E-state index is -1.67. The summed E-state index contributed by atoms with van der Waals surface area (Å²) in [7, 11) is -1.67. The van der Waals surface area contributed by atoms with Crippen molar-refractivity contribution in [2.45, 2.75) is 37.9 Å². The van der Waals surface area contributed by atoms with E-state index < -0.39 is 8.32 Å². The van der Waals surface area contributed by atoms with Crippen LogP contribution in [0.2, 0.25) is 18.6 Å². The lowest BCUT2D eigenvalue weighted by Crippen LogP contribution is -2.36. The van der Waals surface area contributed by atoms with Crippen molar-refractivity contribution < 1.29 is 4.80 Å². The number of rotatable bonds is 1. The molecule has 0 unspecified atom stereocenters. The third-order valence-corrected chi connectivity index (χ3v) is 4.68. The first-order valence-corrected chi connectivity index (χ1v) is 6.35. The fourth-order valence-electron chi connectivity index (χ4n) is 1.11. The molecule has 1 aliphatic carbocycles. The molecule has 1 rings (SSSR count). The van der Waals surface area contributed by atoms with E-state index in [1.165, 1.54) is 19.3 Å². The van der Waals surface area contributed by atoms with Gasteiger partial charge in [-0.3, -0.25) is 0 Å². The molecule has 0 aromatic rings. The first-order valence-electron chi connectivity index (χ1n) is 3.33. The van der Waals surface area contributed by atoms with Crippen LogP contribution in [0.1, 0.15) is 19.3 Å². The molecule has 0 amide bonds. The number of hydrogen-bond donors (Lipinski definition) is 1. The Morgan fingerprint density at radius 3 is 1.88 bits per heavy atom. The third-order valence-electron chi connectivity index (χ3n) is 2.10. The van der Waals surface area contributed by atoms with Crippen LogP contribution in [-0.2, 0) is 0 Å². The summed E-state index contributed by atoms with van der Waals surface area (Å²) in [6, 6.07) is 0. The molecular weight excluding hydrogens is 116 g/mol. The van der Waals surface area contributed by atoms with Gasteiger partial charge in [-0.15, -0.1) is 0 Å². The Labute approximate surface area is 51.9 Å². The Kier molecular flexibility index (Phi) is 1.45. The van der Waals surface area contributed by atoms with Crippen LogP contribution in [0, 0.1) is 0 Å². The fraction of sp³-hybridized carbons (Fsp3) is 1.00. The summed E-state index contributed by atoms with van der Waals surface area (Å²) in [5.74, 6) is 0. The van der Waals surface area contributed by atoms with Crippen LogP contribution in [0.25, 0.3) is 0 Å². The molecular formula is C6H14OSi. The average Bonchev–Trinajstić information content (AvgIpc) is 1.16. The van der Waals surface area contributed by atoms with Crippen molar-refractivity contribution in [3.63, 3.8) is 0 Å². The van der Waals surface area contributed by atoms with Gasteiger partial charge in [0.05, 0.1) is 0 Å². The van der Waals surface area contributed by atoms with Crippen LogP contribution in [0.15, 0.2) is 0 Å². The minimum Gasteiger partial charge on any atom is -0.432 e. The lowest BCUT2D eigenvalue weighted by atomic mass is 10.00. The van der Waals surface area contributed by atoms with E-state index in [2.05, 4.69) is 0 Å². The van der Waals surface area contributed by atoms with E-state index in [1.807, 2.05) is 13.1 Å². The predicted octanol–water partition coefficient (Wildman–Crippen LogP) is 1.74. The Morgan fingerprint density at radius 1 is 1.38 bits per heavy atom. The van der Waals surface area contributed by atoms with Gasteiger partial charge in [0.15, 0.2) is 8.32 Å². The maximum absolute atomic E-state index is 9.48. The maximum Gasteiger partial charge on any atom is 0.185 e. The standard InChI is InChI=1S/C6H14OSi/c1-8(2,7)6-4-3-5-6/h6-7H,3-5H2,1-2H3. The van der Waals surface area contributed by atoms with Gasteiger partial charge in [-0.25, -0.2) is 0 Å². The van der Waals surface area contributed by atoms with Crippen LogP contribution < -0.4 is 0 Å². The second-order valence-electron chi connectivity index (χ2n) is 3.28. The summed E-state index contributed by atoms with van der Waals surface area (Å²) in [6.45, 7) is 4.08. The van der Waals surface area contributed by atoms with Crippen LogP contribution in [0.5, 0.6) is 0 Å². The molecule has 1 saturated carbocycles. The predicted molar refractivity (Wildman–Crippen MR) is 37.3 cm³/mol. The van der Waals surface area contributed by atoms with Crippen molar-refractivity contribution in [3.8, 4) is 0 Å². The minimum absolute atomic E-state index is 0.725. The zero-order chi connectivity index (χ0) is 6.20. The molecule has 0 aromatic heterocycles. The van der Waals surface area contributed by atoms with Crippen LogP contribution in [-0.4, -0.2) is 13.1 Å². The first-order chi connectivity index (χ1) is 3.61. The lowest BCUT2D eigenvalue weighted by Gasteiger charge is -2.33. The van der Waals surface area contributed by atoms with E-state index in [4.69, 9.17) is 0 Å². The van der Waals surface area contributed by atoms with Gasteiger partial charge in [0.2, 0.25) is 0 Å². The quantitative estimate of drug-likeness (QED) is 0.536. The van der Waals surface area contributed by atoms with E-state index in [-0.39, 0.29) is 0 Å². The summed E-state index contributed by atoms with van der Waals surface area (Å²) in [6.07, 6.45) is 3.92. The SMILES string of the molecule is C[Si](C)(O)C1CCC1. The molecule has 2 heteroatoms. The van der Waals surface area contributed by atoms with Crippen LogP contribution in [0.4, 0.5) is 0 Å². The highest BCUT2D eigenvalue weighted by Crippen LogP contribution is 2.39. The summed E-state index contributed by atoms with van der Waals surface area (Å²) < 4.78 is 0. The second-order valence-corrected chi connectivity index (χ2v) is 7.41. The molecule has 0 bridgehead atoms. The highest BCUT2D eigenvalue weighted by Gasteiger charge is 2.34.